The molecular weight excluding hydrogens is 266 g/mol. The van der Waals surface area contributed by atoms with Gasteiger partial charge in [0.1, 0.15) is 11.6 Å². The van der Waals surface area contributed by atoms with Crippen LogP contribution in [0.25, 0.3) is 0 Å². The van der Waals surface area contributed by atoms with E-state index in [0.29, 0.717) is 11.3 Å². The Morgan fingerprint density at radius 3 is 2.70 bits per heavy atom. The van der Waals surface area contributed by atoms with Crippen LogP contribution in [0.1, 0.15) is 10.4 Å². The molecule has 0 saturated carbocycles. The lowest BCUT2D eigenvalue weighted by Crippen LogP contribution is -2.12. The van der Waals surface area contributed by atoms with Gasteiger partial charge in [-0.05, 0) is 24.3 Å². The molecule has 0 atom stereocenters. The lowest BCUT2D eigenvalue weighted by Gasteiger charge is -2.07. The van der Waals surface area contributed by atoms with Crippen LogP contribution in [0.2, 0.25) is 0 Å². The average Bonchev–Trinajstić information content (AvgIpc) is 2.48. The predicted octanol–water partition coefficient (Wildman–Crippen LogP) is 3.24. The fourth-order valence-corrected chi connectivity index (χ4v) is 1.61. The van der Waals surface area contributed by atoms with E-state index >= 15 is 0 Å². The highest BCUT2D eigenvalue weighted by Gasteiger charge is 2.10. The summed E-state index contributed by atoms with van der Waals surface area (Å²) in [6.45, 7) is -0.381. The van der Waals surface area contributed by atoms with Gasteiger partial charge < -0.3 is 9.47 Å². The van der Waals surface area contributed by atoms with E-state index in [1.165, 1.54) is 7.11 Å². The van der Waals surface area contributed by atoms with Crippen LogP contribution in [0.3, 0.4) is 0 Å². The first-order valence-electron chi connectivity index (χ1n) is 5.85. The third kappa shape index (κ3) is 3.32. The first kappa shape index (κ1) is 14.0. The molecule has 0 unspecified atom stereocenters. The zero-order chi connectivity index (χ0) is 14.5. The van der Waals surface area contributed by atoms with Crippen LogP contribution in [0, 0.1) is 11.6 Å². The van der Waals surface area contributed by atoms with Gasteiger partial charge in [0, 0.05) is 11.6 Å². The minimum atomic E-state index is -0.718. The van der Waals surface area contributed by atoms with Crippen molar-refractivity contribution in [1.82, 2.24) is 0 Å². The van der Waals surface area contributed by atoms with Crippen LogP contribution in [0.5, 0.6) is 11.5 Å². The van der Waals surface area contributed by atoms with Gasteiger partial charge in [0.2, 0.25) is 0 Å². The molecule has 0 aliphatic rings. The largest absolute Gasteiger partial charge is 0.497 e. The van der Waals surface area contributed by atoms with E-state index in [1.807, 2.05) is 0 Å². The molecule has 0 heterocycles. The van der Waals surface area contributed by atoms with E-state index in [-0.39, 0.29) is 18.1 Å². The van der Waals surface area contributed by atoms with Crippen LogP contribution in [0.4, 0.5) is 8.78 Å². The minimum Gasteiger partial charge on any atom is -0.497 e. The number of carbonyl (C=O) groups is 1. The Hall–Kier alpha value is -2.43. The molecule has 2 rings (SSSR count). The standard InChI is InChI=1S/C15H12F2O3/c1-19-12-4-2-3-10(7-12)14(18)9-20-15-8-11(16)5-6-13(15)17/h2-8H,9H2,1H3. The zero-order valence-electron chi connectivity index (χ0n) is 10.7. The van der Waals surface area contributed by atoms with Crippen LogP contribution >= 0.6 is 0 Å². The third-order valence-electron chi connectivity index (χ3n) is 2.64. The quantitative estimate of drug-likeness (QED) is 0.788. The van der Waals surface area contributed by atoms with Crippen molar-refractivity contribution < 1.29 is 23.0 Å². The summed E-state index contributed by atoms with van der Waals surface area (Å²) in [4.78, 5) is 11.9. The SMILES string of the molecule is COc1cccc(C(=O)COc2cc(F)ccc2F)c1. The number of rotatable bonds is 5. The molecule has 0 radical (unpaired) electrons. The zero-order valence-corrected chi connectivity index (χ0v) is 10.7. The molecule has 0 bridgehead atoms. The topological polar surface area (TPSA) is 35.5 Å². The highest BCUT2D eigenvalue weighted by atomic mass is 19.1. The van der Waals surface area contributed by atoms with E-state index in [0.717, 1.165) is 18.2 Å². The molecule has 0 aromatic heterocycles. The van der Waals surface area contributed by atoms with Crippen LogP contribution in [-0.4, -0.2) is 19.5 Å². The molecule has 3 nitrogen and oxygen atoms in total. The van der Waals surface area contributed by atoms with Crippen molar-refractivity contribution in [2.24, 2.45) is 0 Å². The summed E-state index contributed by atoms with van der Waals surface area (Å²) in [6.07, 6.45) is 0. The molecule has 0 saturated heterocycles. The van der Waals surface area contributed by atoms with Gasteiger partial charge in [-0.1, -0.05) is 12.1 Å². The Labute approximate surface area is 114 Å². The summed E-state index contributed by atoms with van der Waals surface area (Å²) >= 11 is 0. The molecule has 5 heteroatoms. The van der Waals surface area contributed by atoms with Gasteiger partial charge in [0.15, 0.2) is 24.0 Å². The van der Waals surface area contributed by atoms with E-state index in [2.05, 4.69) is 0 Å². The van der Waals surface area contributed by atoms with Crippen LogP contribution < -0.4 is 9.47 Å². The lowest BCUT2D eigenvalue weighted by molar-refractivity contribution is 0.0918. The normalized spacial score (nSPS) is 10.2. The summed E-state index contributed by atoms with van der Waals surface area (Å²) in [5.41, 5.74) is 0.376. The number of carbonyl (C=O) groups excluding carboxylic acids is 1. The Morgan fingerprint density at radius 1 is 1.15 bits per heavy atom. The first-order valence-corrected chi connectivity index (χ1v) is 5.85. The second-order valence-corrected chi connectivity index (χ2v) is 4.02. The minimum absolute atomic E-state index is 0.291. The Balaban J connectivity index is 2.06. The number of Topliss-reactive ketones (excluding diaryl/α,β-unsaturated/α-hetero) is 1. The fourth-order valence-electron chi connectivity index (χ4n) is 1.61. The fraction of sp³-hybridized carbons (Fsp3) is 0.133. The molecule has 20 heavy (non-hydrogen) atoms. The van der Waals surface area contributed by atoms with Gasteiger partial charge in [-0.25, -0.2) is 8.78 Å². The summed E-state index contributed by atoms with van der Waals surface area (Å²) in [7, 11) is 1.49. The average molecular weight is 278 g/mol. The third-order valence-corrected chi connectivity index (χ3v) is 2.64. The maximum absolute atomic E-state index is 13.3. The van der Waals surface area contributed by atoms with Gasteiger partial charge >= 0.3 is 0 Å². The highest BCUT2D eigenvalue weighted by molar-refractivity contribution is 5.97. The van der Waals surface area contributed by atoms with Crippen molar-refractivity contribution in [3.8, 4) is 11.5 Å². The number of halogens is 2. The molecule has 2 aromatic rings. The maximum atomic E-state index is 13.3. The van der Waals surface area contributed by atoms with Crippen molar-refractivity contribution in [3.63, 3.8) is 0 Å². The Morgan fingerprint density at radius 2 is 1.95 bits per heavy atom. The Bertz CT molecular complexity index is 626. The summed E-state index contributed by atoms with van der Waals surface area (Å²) in [5.74, 6) is -1.46. The summed E-state index contributed by atoms with van der Waals surface area (Å²) < 4.78 is 36.3. The molecule has 0 spiro atoms. The maximum Gasteiger partial charge on any atom is 0.200 e. The monoisotopic (exact) mass is 278 g/mol. The summed E-state index contributed by atoms with van der Waals surface area (Å²) in [5, 5.41) is 0. The van der Waals surface area contributed by atoms with Gasteiger partial charge in [-0.15, -0.1) is 0 Å². The molecule has 0 aliphatic heterocycles. The molecule has 0 amide bonds. The van der Waals surface area contributed by atoms with Gasteiger partial charge in [-0.3, -0.25) is 4.79 Å². The number of benzene rings is 2. The molecule has 0 N–H and O–H groups in total. The van der Waals surface area contributed by atoms with Crippen LogP contribution in [0.15, 0.2) is 42.5 Å². The van der Waals surface area contributed by atoms with Crippen molar-refractivity contribution in [2.75, 3.05) is 13.7 Å². The number of hydrogen-bond donors (Lipinski definition) is 0. The predicted molar refractivity (Wildman–Crippen MR) is 69.2 cm³/mol. The van der Waals surface area contributed by atoms with Crippen LogP contribution in [-0.2, 0) is 0 Å². The molecule has 104 valence electrons. The van der Waals surface area contributed by atoms with E-state index in [1.54, 1.807) is 24.3 Å². The summed E-state index contributed by atoms with van der Waals surface area (Å²) in [6, 6.07) is 9.32. The van der Waals surface area contributed by atoms with Gasteiger partial charge in [-0.2, -0.15) is 0 Å². The number of ether oxygens (including phenoxy) is 2. The number of ketones is 1. The van der Waals surface area contributed by atoms with Crippen molar-refractivity contribution in [3.05, 3.63) is 59.7 Å². The van der Waals surface area contributed by atoms with Gasteiger partial charge in [0.25, 0.3) is 0 Å². The highest BCUT2D eigenvalue weighted by Crippen LogP contribution is 2.19. The second kappa shape index (κ2) is 6.14. The van der Waals surface area contributed by atoms with E-state index in [9.17, 15) is 13.6 Å². The van der Waals surface area contributed by atoms with Crippen molar-refractivity contribution in [2.45, 2.75) is 0 Å². The van der Waals surface area contributed by atoms with Crippen molar-refractivity contribution in [1.29, 1.82) is 0 Å². The second-order valence-electron chi connectivity index (χ2n) is 4.02. The Kier molecular flexibility index (Phi) is 4.30. The first-order chi connectivity index (χ1) is 9.60. The smallest absolute Gasteiger partial charge is 0.200 e. The lowest BCUT2D eigenvalue weighted by atomic mass is 10.1. The van der Waals surface area contributed by atoms with Gasteiger partial charge in [0.05, 0.1) is 7.11 Å². The van der Waals surface area contributed by atoms with Crippen molar-refractivity contribution >= 4 is 5.78 Å². The number of hydrogen-bond acceptors (Lipinski definition) is 3. The molecular formula is C15H12F2O3. The molecule has 2 aromatic carbocycles. The van der Waals surface area contributed by atoms with E-state index in [4.69, 9.17) is 9.47 Å². The molecule has 0 fully saturated rings. The van der Waals surface area contributed by atoms with E-state index < -0.39 is 11.6 Å². The molecule has 0 aliphatic carbocycles. The number of methoxy groups -OCH3 is 1.